The number of anilines is 1. The van der Waals surface area contributed by atoms with Gasteiger partial charge in [0.05, 0.1) is 22.6 Å². The van der Waals surface area contributed by atoms with Gasteiger partial charge in [-0.1, -0.05) is 30.3 Å². The van der Waals surface area contributed by atoms with E-state index in [1.807, 2.05) is 0 Å². The summed E-state index contributed by atoms with van der Waals surface area (Å²) in [6.45, 7) is -0.178. The van der Waals surface area contributed by atoms with Crippen LogP contribution in [0, 0.1) is 0 Å². The maximum atomic E-state index is 13.2. The van der Waals surface area contributed by atoms with Gasteiger partial charge in [-0.15, -0.1) is 0 Å². The van der Waals surface area contributed by atoms with Crippen LogP contribution >= 0.6 is 0 Å². The zero-order valence-corrected chi connectivity index (χ0v) is 16.1. The Morgan fingerprint density at radius 3 is 2.10 bits per heavy atom. The normalized spacial score (nSPS) is 11.8. The molecule has 1 heterocycles. The molecule has 1 N–H and O–H groups in total. The summed E-state index contributed by atoms with van der Waals surface area (Å²) >= 11 is 0. The molecule has 0 amide bonds. The first-order valence-electron chi connectivity index (χ1n) is 8.52. The summed E-state index contributed by atoms with van der Waals surface area (Å²) < 4.78 is 65.9. The summed E-state index contributed by atoms with van der Waals surface area (Å²) in [5, 5.41) is 8.99. The highest BCUT2D eigenvalue weighted by Gasteiger charge is 2.32. The van der Waals surface area contributed by atoms with Crippen molar-refractivity contribution in [2.75, 3.05) is 4.31 Å². The Bertz CT molecular complexity index is 1130. The Morgan fingerprint density at radius 1 is 0.967 bits per heavy atom. The van der Waals surface area contributed by atoms with Crippen LogP contribution in [0.3, 0.4) is 0 Å². The van der Waals surface area contributed by atoms with Gasteiger partial charge >= 0.3 is 12.1 Å². The Kier molecular flexibility index (Phi) is 5.79. The van der Waals surface area contributed by atoms with Crippen molar-refractivity contribution < 1.29 is 31.5 Å². The molecule has 0 unspecified atom stereocenters. The lowest BCUT2D eigenvalue weighted by atomic mass is 10.2. The number of carbonyl (C=O) groups is 1. The number of pyridine rings is 1. The number of aromatic carboxylic acids is 1. The Morgan fingerprint density at radius 2 is 1.60 bits per heavy atom. The molecule has 3 aromatic rings. The third-order valence-corrected chi connectivity index (χ3v) is 5.95. The van der Waals surface area contributed by atoms with Gasteiger partial charge in [0.2, 0.25) is 0 Å². The number of carboxylic acids is 1. The number of benzene rings is 2. The molecule has 0 saturated heterocycles. The minimum Gasteiger partial charge on any atom is -0.478 e. The Labute approximate surface area is 170 Å². The van der Waals surface area contributed by atoms with Crippen LogP contribution in [0.4, 0.5) is 19.0 Å². The summed E-state index contributed by atoms with van der Waals surface area (Å²) in [5.74, 6) is -1.42. The second-order valence-corrected chi connectivity index (χ2v) is 8.09. The Balaban J connectivity index is 2.05. The van der Waals surface area contributed by atoms with Gasteiger partial charge in [-0.3, -0.25) is 0 Å². The number of hydrogen-bond acceptors (Lipinski definition) is 4. The van der Waals surface area contributed by atoms with E-state index < -0.39 is 27.7 Å². The number of nitrogens with zero attached hydrogens (tertiary/aromatic N) is 2. The second-order valence-electron chi connectivity index (χ2n) is 6.23. The topological polar surface area (TPSA) is 87.6 Å². The summed E-state index contributed by atoms with van der Waals surface area (Å²) in [6, 6.07) is 14.7. The maximum Gasteiger partial charge on any atom is 0.417 e. The zero-order chi connectivity index (χ0) is 21.9. The molecule has 30 heavy (non-hydrogen) atoms. The number of halogens is 3. The highest BCUT2D eigenvalue weighted by molar-refractivity contribution is 7.92. The predicted molar refractivity (Wildman–Crippen MR) is 102 cm³/mol. The van der Waals surface area contributed by atoms with Gasteiger partial charge in [0.25, 0.3) is 10.0 Å². The van der Waals surface area contributed by atoms with E-state index in [9.17, 15) is 26.4 Å². The third kappa shape index (κ3) is 4.60. The Hall–Kier alpha value is -3.40. The fourth-order valence-corrected chi connectivity index (χ4v) is 4.04. The predicted octanol–water partition coefficient (Wildman–Crippen LogP) is 4.19. The van der Waals surface area contributed by atoms with Crippen LogP contribution < -0.4 is 4.31 Å². The van der Waals surface area contributed by atoms with E-state index >= 15 is 0 Å². The van der Waals surface area contributed by atoms with Crippen molar-refractivity contribution in [2.24, 2.45) is 0 Å². The average Bonchev–Trinajstić information content (AvgIpc) is 2.72. The SMILES string of the molecule is O=C(O)c1ccc(S(=O)(=O)N(Cc2ccccc2)c2ccc(C(F)(F)F)cn2)cc1. The number of rotatable bonds is 6. The molecule has 0 fully saturated rings. The first kappa shape index (κ1) is 21.3. The molecule has 0 radical (unpaired) electrons. The average molecular weight is 436 g/mol. The molecular formula is C20H15F3N2O4S. The molecule has 1 aromatic heterocycles. The quantitative estimate of drug-likeness (QED) is 0.626. The van der Waals surface area contributed by atoms with Gasteiger partial charge in [-0.2, -0.15) is 13.2 Å². The van der Waals surface area contributed by atoms with Crippen molar-refractivity contribution in [3.63, 3.8) is 0 Å². The lowest BCUT2D eigenvalue weighted by molar-refractivity contribution is -0.137. The molecule has 0 aliphatic rings. The summed E-state index contributed by atoms with van der Waals surface area (Å²) in [4.78, 5) is 14.5. The number of alkyl halides is 3. The van der Waals surface area contributed by atoms with Crippen LogP contribution in [0.1, 0.15) is 21.5 Å². The molecule has 10 heteroatoms. The molecule has 6 nitrogen and oxygen atoms in total. The second kappa shape index (κ2) is 8.15. The smallest absolute Gasteiger partial charge is 0.417 e. The lowest BCUT2D eigenvalue weighted by Gasteiger charge is -2.24. The molecule has 0 bridgehead atoms. The van der Waals surface area contributed by atoms with Crippen LogP contribution in [-0.4, -0.2) is 24.5 Å². The number of carboxylic acid groups (broad SMARTS) is 1. The first-order valence-corrected chi connectivity index (χ1v) is 9.96. The van der Waals surface area contributed by atoms with Crippen LogP contribution in [-0.2, 0) is 22.7 Å². The number of aromatic nitrogens is 1. The van der Waals surface area contributed by atoms with Crippen molar-refractivity contribution in [2.45, 2.75) is 17.6 Å². The molecule has 0 aliphatic carbocycles. The van der Waals surface area contributed by atoms with E-state index in [0.29, 0.717) is 11.8 Å². The largest absolute Gasteiger partial charge is 0.478 e. The van der Waals surface area contributed by atoms with Crippen LogP contribution in [0.25, 0.3) is 0 Å². The molecule has 2 aromatic carbocycles. The van der Waals surface area contributed by atoms with Crippen molar-refractivity contribution in [1.82, 2.24) is 4.98 Å². The van der Waals surface area contributed by atoms with Crippen LogP contribution in [0.15, 0.2) is 77.8 Å². The van der Waals surface area contributed by atoms with Gasteiger partial charge < -0.3 is 5.11 Å². The van der Waals surface area contributed by atoms with Gasteiger partial charge in [0, 0.05) is 6.20 Å². The zero-order valence-electron chi connectivity index (χ0n) is 15.2. The minimum absolute atomic E-state index is 0.101. The summed E-state index contributed by atoms with van der Waals surface area (Å²) in [6.07, 6.45) is -4.04. The van der Waals surface area contributed by atoms with Crippen molar-refractivity contribution >= 4 is 21.8 Å². The van der Waals surface area contributed by atoms with E-state index in [1.165, 1.54) is 0 Å². The standard InChI is InChI=1S/C20H15F3N2O4S/c21-20(22,23)16-8-11-18(24-12-16)25(13-14-4-2-1-3-5-14)30(28,29)17-9-6-15(7-10-17)19(26)27/h1-12H,13H2,(H,26,27). The van der Waals surface area contributed by atoms with Gasteiger partial charge in [-0.05, 0) is 42.0 Å². The van der Waals surface area contributed by atoms with E-state index in [2.05, 4.69) is 4.98 Å². The first-order chi connectivity index (χ1) is 14.1. The fourth-order valence-electron chi connectivity index (χ4n) is 2.64. The van der Waals surface area contributed by atoms with Crippen molar-refractivity contribution in [3.8, 4) is 0 Å². The van der Waals surface area contributed by atoms with E-state index in [-0.39, 0.29) is 22.8 Å². The van der Waals surface area contributed by atoms with E-state index in [0.717, 1.165) is 40.7 Å². The van der Waals surface area contributed by atoms with Crippen molar-refractivity contribution in [3.05, 3.63) is 89.6 Å². The van der Waals surface area contributed by atoms with Gasteiger partial charge in [-0.25, -0.2) is 22.5 Å². The van der Waals surface area contributed by atoms with Gasteiger partial charge in [0.15, 0.2) is 0 Å². The lowest BCUT2D eigenvalue weighted by Crippen LogP contribution is -2.31. The molecule has 3 rings (SSSR count). The minimum atomic E-state index is -4.61. The number of hydrogen-bond donors (Lipinski definition) is 1. The molecule has 156 valence electrons. The monoisotopic (exact) mass is 436 g/mol. The third-order valence-electron chi connectivity index (χ3n) is 4.19. The van der Waals surface area contributed by atoms with E-state index in [1.54, 1.807) is 30.3 Å². The number of sulfonamides is 1. The molecule has 0 atom stereocenters. The highest BCUT2D eigenvalue weighted by atomic mass is 32.2. The van der Waals surface area contributed by atoms with Gasteiger partial charge in [0.1, 0.15) is 5.82 Å². The molecular weight excluding hydrogens is 421 g/mol. The molecule has 0 saturated carbocycles. The highest BCUT2D eigenvalue weighted by Crippen LogP contribution is 2.31. The molecule has 0 spiro atoms. The van der Waals surface area contributed by atoms with Crippen LogP contribution in [0.2, 0.25) is 0 Å². The fraction of sp³-hybridized carbons (Fsp3) is 0.100. The molecule has 0 aliphatic heterocycles. The maximum absolute atomic E-state index is 13.2. The summed E-state index contributed by atoms with van der Waals surface area (Å²) in [7, 11) is -4.25. The van der Waals surface area contributed by atoms with Crippen LogP contribution in [0.5, 0.6) is 0 Å². The van der Waals surface area contributed by atoms with Crippen molar-refractivity contribution in [1.29, 1.82) is 0 Å². The van der Waals surface area contributed by atoms with E-state index in [4.69, 9.17) is 5.11 Å². The summed E-state index contributed by atoms with van der Waals surface area (Å²) in [5.41, 5.74) is -0.518.